The highest BCUT2D eigenvalue weighted by atomic mass is 32.2. The molecule has 3 heterocycles. The van der Waals surface area contributed by atoms with Crippen LogP contribution in [0.25, 0.3) is 4.96 Å². The third kappa shape index (κ3) is 2.62. The maximum Gasteiger partial charge on any atom is 0.260 e. The smallest absolute Gasteiger partial charge is 0.260 e. The van der Waals surface area contributed by atoms with Gasteiger partial charge in [-0.1, -0.05) is 5.16 Å². The summed E-state index contributed by atoms with van der Waals surface area (Å²) >= 11 is 1.36. The number of thiazole rings is 1. The fraction of sp³-hybridized carbons (Fsp3) is 0.300. The molecule has 2 N–H and O–H groups in total. The zero-order valence-electron chi connectivity index (χ0n) is 11.0. The lowest BCUT2D eigenvalue weighted by Gasteiger charge is -2.06. The first kappa shape index (κ1) is 14.0. The standard InChI is InChI=1S/C10H12N6O3S2/c1-11-8-9(16-4-5-20-10(16)15-8)21(17,18)14-3-2-7-12-6-13-19-7/h4-6,11,14H,2-3H2,1H3. The van der Waals surface area contributed by atoms with E-state index >= 15 is 0 Å². The van der Waals surface area contributed by atoms with Gasteiger partial charge in [-0.05, 0) is 0 Å². The van der Waals surface area contributed by atoms with Gasteiger partial charge in [-0.3, -0.25) is 4.40 Å². The van der Waals surface area contributed by atoms with Crippen molar-refractivity contribution in [3.63, 3.8) is 0 Å². The van der Waals surface area contributed by atoms with Crippen LogP contribution in [-0.4, -0.2) is 41.5 Å². The van der Waals surface area contributed by atoms with E-state index in [1.807, 2.05) is 0 Å². The van der Waals surface area contributed by atoms with E-state index in [1.54, 1.807) is 18.6 Å². The summed E-state index contributed by atoms with van der Waals surface area (Å²) in [5.41, 5.74) is 0. The molecule has 0 radical (unpaired) electrons. The van der Waals surface area contributed by atoms with Crippen molar-refractivity contribution in [3.8, 4) is 0 Å². The molecule has 0 aliphatic heterocycles. The number of nitrogens with one attached hydrogen (secondary N) is 2. The van der Waals surface area contributed by atoms with E-state index in [2.05, 4.69) is 25.2 Å². The van der Waals surface area contributed by atoms with Gasteiger partial charge in [-0.2, -0.15) is 4.98 Å². The van der Waals surface area contributed by atoms with Crippen molar-refractivity contribution >= 4 is 32.1 Å². The van der Waals surface area contributed by atoms with Gasteiger partial charge in [0.2, 0.25) is 5.89 Å². The fourth-order valence-electron chi connectivity index (χ4n) is 1.85. The first-order valence-corrected chi connectivity index (χ1v) is 8.36. The number of fused-ring (bicyclic) bond motifs is 1. The molecule has 0 fully saturated rings. The van der Waals surface area contributed by atoms with E-state index in [4.69, 9.17) is 4.52 Å². The van der Waals surface area contributed by atoms with Crippen LogP contribution < -0.4 is 10.0 Å². The Morgan fingerprint density at radius 2 is 2.33 bits per heavy atom. The minimum absolute atomic E-state index is 0.0896. The van der Waals surface area contributed by atoms with Crippen molar-refractivity contribution in [3.05, 3.63) is 23.8 Å². The minimum Gasteiger partial charge on any atom is -0.371 e. The summed E-state index contributed by atoms with van der Waals surface area (Å²) in [6, 6.07) is 0. The van der Waals surface area contributed by atoms with Crippen LogP contribution in [0.15, 0.2) is 27.5 Å². The predicted molar refractivity (Wildman–Crippen MR) is 75.8 cm³/mol. The van der Waals surface area contributed by atoms with Crippen LogP contribution in [0.4, 0.5) is 5.82 Å². The molecule has 0 aliphatic carbocycles. The van der Waals surface area contributed by atoms with E-state index in [1.165, 1.54) is 22.1 Å². The predicted octanol–water partition coefficient (Wildman–Crippen LogP) is 0.341. The molecule has 3 aromatic heterocycles. The highest BCUT2D eigenvalue weighted by molar-refractivity contribution is 7.89. The zero-order chi connectivity index (χ0) is 14.9. The van der Waals surface area contributed by atoms with Crippen LogP contribution in [0, 0.1) is 0 Å². The van der Waals surface area contributed by atoms with Crippen molar-refractivity contribution < 1.29 is 12.9 Å². The Hall–Kier alpha value is -1.98. The second-order valence-corrected chi connectivity index (χ2v) is 6.61. The summed E-state index contributed by atoms with van der Waals surface area (Å²) < 4.78 is 33.7. The molecule has 0 saturated heterocycles. The summed E-state index contributed by atoms with van der Waals surface area (Å²) in [5, 5.41) is 8.12. The van der Waals surface area contributed by atoms with Gasteiger partial charge < -0.3 is 9.84 Å². The van der Waals surface area contributed by atoms with Gasteiger partial charge in [0, 0.05) is 31.6 Å². The Balaban J connectivity index is 1.84. The summed E-state index contributed by atoms with van der Waals surface area (Å²) in [5.74, 6) is 0.688. The van der Waals surface area contributed by atoms with Crippen molar-refractivity contribution in [2.45, 2.75) is 11.4 Å². The van der Waals surface area contributed by atoms with Gasteiger partial charge in [-0.25, -0.2) is 18.1 Å². The maximum absolute atomic E-state index is 12.4. The Bertz CT molecular complexity index is 836. The van der Waals surface area contributed by atoms with Gasteiger partial charge in [0.25, 0.3) is 10.0 Å². The van der Waals surface area contributed by atoms with E-state index < -0.39 is 10.0 Å². The molecule has 112 valence electrons. The summed E-state index contributed by atoms with van der Waals surface area (Å²) in [6.07, 6.45) is 3.26. The lowest BCUT2D eigenvalue weighted by Crippen LogP contribution is -2.27. The Labute approximate surface area is 124 Å². The second kappa shape index (κ2) is 5.42. The highest BCUT2D eigenvalue weighted by Gasteiger charge is 2.25. The van der Waals surface area contributed by atoms with Gasteiger partial charge in [0.05, 0.1) is 0 Å². The first-order chi connectivity index (χ1) is 10.1. The number of hydrogen-bond acceptors (Lipinski definition) is 8. The number of nitrogens with zero attached hydrogens (tertiary/aromatic N) is 4. The molecule has 0 spiro atoms. The number of aromatic nitrogens is 4. The molecule has 0 unspecified atom stereocenters. The van der Waals surface area contributed by atoms with E-state index in [0.717, 1.165) is 0 Å². The van der Waals surface area contributed by atoms with Crippen LogP contribution in [0.2, 0.25) is 0 Å². The molecule has 0 atom stereocenters. The van der Waals surface area contributed by atoms with Crippen molar-refractivity contribution in [2.24, 2.45) is 0 Å². The molecule has 3 rings (SSSR count). The molecule has 21 heavy (non-hydrogen) atoms. The van der Waals surface area contributed by atoms with Gasteiger partial charge in [0.1, 0.15) is 0 Å². The fourth-order valence-corrected chi connectivity index (χ4v) is 3.94. The molecule has 11 heteroatoms. The molecule has 0 aromatic carbocycles. The van der Waals surface area contributed by atoms with E-state index in [0.29, 0.717) is 23.1 Å². The van der Waals surface area contributed by atoms with Crippen LogP contribution >= 0.6 is 11.3 Å². The topological polar surface area (TPSA) is 114 Å². The van der Waals surface area contributed by atoms with Crippen molar-refractivity contribution in [1.82, 2.24) is 24.2 Å². The van der Waals surface area contributed by atoms with Gasteiger partial charge in [-0.15, -0.1) is 11.3 Å². The number of imidazole rings is 1. The number of rotatable bonds is 6. The van der Waals surface area contributed by atoms with E-state index in [-0.39, 0.29) is 11.6 Å². The minimum atomic E-state index is -3.70. The maximum atomic E-state index is 12.4. The third-order valence-corrected chi connectivity index (χ3v) is 4.99. The molecule has 0 bridgehead atoms. The van der Waals surface area contributed by atoms with Crippen LogP contribution in [0.1, 0.15) is 5.89 Å². The molecule has 0 amide bonds. The normalized spacial score (nSPS) is 12.0. The first-order valence-electron chi connectivity index (χ1n) is 6.00. The summed E-state index contributed by atoms with van der Waals surface area (Å²) in [4.78, 5) is 8.67. The van der Waals surface area contributed by atoms with Crippen molar-refractivity contribution in [2.75, 3.05) is 18.9 Å². The third-order valence-electron chi connectivity index (χ3n) is 2.75. The quantitative estimate of drug-likeness (QED) is 0.670. The molecular weight excluding hydrogens is 316 g/mol. The van der Waals surface area contributed by atoms with Crippen LogP contribution in [0.5, 0.6) is 0 Å². The number of anilines is 1. The SMILES string of the molecule is CNc1nc2sccn2c1S(=O)(=O)NCCc1ncno1. The summed E-state index contributed by atoms with van der Waals surface area (Å²) in [6.45, 7) is 0.158. The second-order valence-electron chi connectivity index (χ2n) is 4.05. The molecule has 3 aromatic rings. The number of hydrogen-bond donors (Lipinski definition) is 2. The van der Waals surface area contributed by atoms with Crippen LogP contribution in [-0.2, 0) is 16.4 Å². The molecule has 0 saturated carbocycles. The Morgan fingerprint density at radius 1 is 1.48 bits per heavy atom. The van der Waals surface area contributed by atoms with E-state index in [9.17, 15) is 8.42 Å². The molecule has 9 nitrogen and oxygen atoms in total. The summed E-state index contributed by atoms with van der Waals surface area (Å²) in [7, 11) is -2.08. The zero-order valence-corrected chi connectivity index (χ0v) is 12.6. The van der Waals surface area contributed by atoms with Crippen LogP contribution in [0.3, 0.4) is 0 Å². The highest BCUT2D eigenvalue weighted by Crippen LogP contribution is 2.24. The average Bonchev–Trinajstić information content (AvgIpc) is 3.13. The van der Waals surface area contributed by atoms with Crippen molar-refractivity contribution in [1.29, 1.82) is 0 Å². The monoisotopic (exact) mass is 328 g/mol. The lowest BCUT2D eigenvalue weighted by atomic mass is 10.4. The lowest BCUT2D eigenvalue weighted by molar-refractivity contribution is 0.377. The number of sulfonamides is 1. The Kier molecular flexibility index (Phi) is 3.61. The average molecular weight is 328 g/mol. The molecular formula is C10H12N6O3S2. The largest absolute Gasteiger partial charge is 0.371 e. The van der Waals surface area contributed by atoms with Gasteiger partial charge in [0.15, 0.2) is 22.1 Å². The Morgan fingerprint density at radius 3 is 3.05 bits per heavy atom. The van der Waals surface area contributed by atoms with Gasteiger partial charge >= 0.3 is 0 Å². The molecule has 0 aliphatic rings.